The molecule has 2 nitrogen and oxygen atoms in total. The zero-order valence-corrected chi connectivity index (χ0v) is 9.44. The van der Waals surface area contributed by atoms with Crippen LogP contribution in [0, 0.1) is 23.3 Å². The van der Waals surface area contributed by atoms with Crippen LogP contribution in [0.15, 0.2) is 24.3 Å². The molecule has 1 heterocycles. The highest BCUT2D eigenvalue weighted by Gasteiger charge is 2.29. The van der Waals surface area contributed by atoms with E-state index in [1.54, 1.807) is 18.2 Å². The van der Waals surface area contributed by atoms with Gasteiger partial charge in [-0.2, -0.15) is 4.39 Å². The maximum absolute atomic E-state index is 13.7. The molecule has 0 unspecified atom stereocenters. The maximum Gasteiger partial charge on any atom is 0.206 e. The van der Waals surface area contributed by atoms with Crippen LogP contribution >= 0.6 is 0 Å². The average molecular weight is 269 g/mol. The van der Waals surface area contributed by atoms with Crippen molar-refractivity contribution in [3.8, 4) is 11.5 Å². The zero-order chi connectivity index (χ0) is 13.6. The Morgan fingerprint density at radius 1 is 0.895 bits per heavy atom. The average Bonchev–Trinajstić information content (AvgIpc) is 2.62. The SMILES string of the molecule is Fc1c(F)c(F)c2c(c1F)NCc1ccccc1O2. The Kier molecular flexibility index (Phi) is 2.58. The van der Waals surface area contributed by atoms with E-state index in [2.05, 4.69) is 5.32 Å². The van der Waals surface area contributed by atoms with E-state index in [1.165, 1.54) is 6.07 Å². The van der Waals surface area contributed by atoms with Gasteiger partial charge in [0.05, 0.1) is 0 Å². The maximum atomic E-state index is 13.7. The number of ether oxygens (including phenoxy) is 1. The molecule has 1 aliphatic heterocycles. The molecule has 0 radical (unpaired) electrons. The van der Waals surface area contributed by atoms with Gasteiger partial charge < -0.3 is 10.1 Å². The molecular weight excluding hydrogens is 262 g/mol. The lowest BCUT2D eigenvalue weighted by Gasteiger charge is -2.11. The predicted octanol–water partition coefficient (Wildman–Crippen LogP) is 3.96. The number of fused-ring (bicyclic) bond motifs is 2. The molecule has 0 saturated carbocycles. The van der Waals surface area contributed by atoms with Crippen molar-refractivity contribution in [2.45, 2.75) is 6.54 Å². The van der Waals surface area contributed by atoms with Gasteiger partial charge in [0.15, 0.2) is 17.4 Å². The Hall–Kier alpha value is -2.24. The smallest absolute Gasteiger partial charge is 0.206 e. The van der Waals surface area contributed by atoms with Crippen LogP contribution < -0.4 is 10.1 Å². The number of benzene rings is 2. The van der Waals surface area contributed by atoms with Crippen molar-refractivity contribution >= 4 is 5.69 Å². The molecule has 0 atom stereocenters. The van der Waals surface area contributed by atoms with E-state index in [4.69, 9.17) is 4.74 Å². The molecule has 2 aromatic rings. The Bertz CT molecular complexity index is 672. The minimum Gasteiger partial charge on any atom is -0.451 e. The van der Waals surface area contributed by atoms with Crippen LogP contribution in [0.4, 0.5) is 23.2 Å². The normalized spacial score (nSPS) is 12.8. The fourth-order valence-electron chi connectivity index (χ4n) is 1.91. The third-order valence-corrected chi connectivity index (χ3v) is 2.86. The van der Waals surface area contributed by atoms with Crippen molar-refractivity contribution < 1.29 is 22.3 Å². The molecular formula is C13H7F4NO. The summed E-state index contributed by atoms with van der Waals surface area (Å²) in [5.41, 5.74) is 0.103. The van der Waals surface area contributed by atoms with Gasteiger partial charge in [0, 0.05) is 12.1 Å². The Morgan fingerprint density at radius 3 is 2.37 bits per heavy atom. The van der Waals surface area contributed by atoms with Crippen molar-refractivity contribution in [2.75, 3.05) is 5.32 Å². The summed E-state index contributed by atoms with van der Waals surface area (Å²) in [6.45, 7) is 0.116. The molecule has 0 spiro atoms. The molecule has 3 rings (SSSR count). The number of halogens is 4. The molecule has 0 aliphatic carbocycles. The second-order valence-electron chi connectivity index (χ2n) is 4.02. The second kappa shape index (κ2) is 4.15. The van der Waals surface area contributed by atoms with Crippen molar-refractivity contribution in [3.05, 3.63) is 53.1 Å². The van der Waals surface area contributed by atoms with Crippen molar-refractivity contribution in [1.82, 2.24) is 0 Å². The van der Waals surface area contributed by atoms with Crippen LogP contribution in [0.3, 0.4) is 0 Å². The standard InChI is InChI=1S/C13H7F4NO/c14-8-9(15)11(17)13-12(10(8)16)18-5-6-3-1-2-4-7(6)19-13/h1-4,18H,5H2. The lowest BCUT2D eigenvalue weighted by molar-refractivity contribution is 0.375. The first kappa shape index (κ1) is 11.8. The lowest BCUT2D eigenvalue weighted by Crippen LogP contribution is -2.05. The molecule has 0 saturated heterocycles. The van der Waals surface area contributed by atoms with Crippen LogP contribution in [0.5, 0.6) is 11.5 Å². The van der Waals surface area contributed by atoms with Gasteiger partial charge in [-0.1, -0.05) is 18.2 Å². The van der Waals surface area contributed by atoms with E-state index in [0.29, 0.717) is 5.56 Å². The number of hydrogen-bond acceptors (Lipinski definition) is 2. The van der Waals surface area contributed by atoms with Gasteiger partial charge in [-0.05, 0) is 6.07 Å². The number of anilines is 1. The van der Waals surface area contributed by atoms with Crippen LogP contribution in [-0.4, -0.2) is 0 Å². The minimum atomic E-state index is -1.89. The van der Waals surface area contributed by atoms with Crippen molar-refractivity contribution in [3.63, 3.8) is 0 Å². The highest BCUT2D eigenvalue weighted by atomic mass is 19.2. The molecule has 0 aromatic heterocycles. The van der Waals surface area contributed by atoms with Gasteiger partial charge in [0.25, 0.3) is 0 Å². The molecule has 1 aliphatic rings. The van der Waals surface area contributed by atoms with Crippen LogP contribution in [0.1, 0.15) is 5.56 Å². The zero-order valence-electron chi connectivity index (χ0n) is 9.44. The van der Waals surface area contributed by atoms with Gasteiger partial charge in [-0.15, -0.1) is 0 Å². The molecule has 0 amide bonds. The number of hydrogen-bond donors (Lipinski definition) is 1. The summed E-state index contributed by atoms with van der Waals surface area (Å²) in [6, 6.07) is 6.56. The largest absolute Gasteiger partial charge is 0.451 e. The first-order chi connectivity index (χ1) is 9.09. The quantitative estimate of drug-likeness (QED) is 0.444. The fraction of sp³-hybridized carbons (Fsp3) is 0.0769. The third kappa shape index (κ3) is 1.71. The molecule has 98 valence electrons. The Labute approximate surface area is 105 Å². The van der Waals surface area contributed by atoms with E-state index < -0.39 is 34.7 Å². The van der Waals surface area contributed by atoms with E-state index in [1.807, 2.05) is 0 Å². The Balaban J connectivity index is 2.23. The molecule has 2 aromatic carbocycles. The highest BCUT2D eigenvalue weighted by molar-refractivity contribution is 5.62. The third-order valence-electron chi connectivity index (χ3n) is 2.86. The predicted molar refractivity (Wildman–Crippen MR) is 60.1 cm³/mol. The molecule has 0 fully saturated rings. The first-order valence-electron chi connectivity index (χ1n) is 5.45. The van der Waals surface area contributed by atoms with Crippen molar-refractivity contribution in [2.24, 2.45) is 0 Å². The van der Waals surface area contributed by atoms with Gasteiger partial charge in [0.1, 0.15) is 11.4 Å². The molecule has 0 bridgehead atoms. The summed E-state index contributed by atoms with van der Waals surface area (Å²) < 4.78 is 58.8. The summed E-state index contributed by atoms with van der Waals surface area (Å²) in [6.07, 6.45) is 0. The highest BCUT2D eigenvalue weighted by Crippen LogP contribution is 2.41. The van der Waals surface area contributed by atoms with Gasteiger partial charge in [-0.25, -0.2) is 13.2 Å². The van der Waals surface area contributed by atoms with Crippen LogP contribution in [0.2, 0.25) is 0 Å². The summed E-state index contributed by atoms with van der Waals surface area (Å²) in [7, 11) is 0. The van der Waals surface area contributed by atoms with E-state index in [9.17, 15) is 17.6 Å². The summed E-state index contributed by atoms with van der Waals surface area (Å²) in [5.74, 6) is -7.23. The van der Waals surface area contributed by atoms with Gasteiger partial charge in [-0.3, -0.25) is 0 Å². The lowest BCUT2D eigenvalue weighted by atomic mass is 10.2. The number of rotatable bonds is 0. The van der Waals surface area contributed by atoms with E-state index in [0.717, 1.165) is 0 Å². The first-order valence-corrected chi connectivity index (χ1v) is 5.45. The second-order valence-corrected chi connectivity index (χ2v) is 4.02. The molecule has 1 N–H and O–H groups in total. The van der Waals surface area contributed by atoms with Gasteiger partial charge >= 0.3 is 0 Å². The number of para-hydroxylation sites is 1. The minimum absolute atomic E-state index is 0.116. The topological polar surface area (TPSA) is 21.3 Å². The fourth-order valence-corrected chi connectivity index (χ4v) is 1.91. The van der Waals surface area contributed by atoms with E-state index in [-0.39, 0.29) is 12.3 Å². The summed E-state index contributed by atoms with van der Waals surface area (Å²) >= 11 is 0. The Morgan fingerprint density at radius 2 is 1.58 bits per heavy atom. The van der Waals surface area contributed by atoms with Crippen molar-refractivity contribution in [1.29, 1.82) is 0 Å². The van der Waals surface area contributed by atoms with Crippen LogP contribution in [0.25, 0.3) is 0 Å². The summed E-state index contributed by atoms with van der Waals surface area (Å²) in [4.78, 5) is 0. The molecule has 19 heavy (non-hydrogen) atoms. The number of nitrogens with one attached hydrogen (secondary N) is 1. The van der Waals surface area contributed by atoms with E-state index >= 15 is 0 Å². The van der Waals surface area contributed by atoms with Gasteiger partial charge in [0.2, 0.25) is 11.6 Å². The van der Waals surface area contributed by atoms with Crippen LogP contribution in [-0.2, 0) is 6.54 Å². The molecule has 6 heteroatoms. The summed E-state index contributed by atoms with van der Waals surface area (Å²) in [5, 5.41) is 2.51. The monoisotopic (exact) mass is 269 g/mol.